The van der Waals surface area contributed by atoms with Gasteiger partial charge in [-0.1, -0.05) is 72.8 Å². The standard InChI is InChI=1S/C23H16N2/c1-15-8-7-13-18-17-11-5-6-12-19(17)22-23(21(15)18)24-14-20(25-22)16-9-3-2-4-10-16/h2-14H,1H3. The quantitative estimate of drug-likeness (QED) is 0.359. The minimum atomic E-state index is 0.909. The van der Waals surface area contributed by atoms with E-state index in [-0.39, 0.29) is 0 Å². The zero-order chi connectivity index (χ0) is 16.8. The van der Waals surface area contributed by atoms with E-state index in [9.17, 15) is 0 Å². The van der Waals surface area contributed by atoms with Crippen LogP contribution < -0.4 is 0 Å². The van der Waals surface area contributed by atoms with Gasteiger partial charge in [0, 0.05) is 16.3 Å². The van der Waals surface area contributed by atoms with Gasteiger partial charge in [-0.3, -0.25) is 4.98 Å². The Balaban J connectivity index is 1.99. The zero-order valence-electron chi connectivity index (χ0n) is 13.9. The molecule has 0 amide bonds. The predicted octanol–water partition coefficient (Wildman–Crippen LogP) is 5.91. The summed E-state index contributed by atoms with van der Waals surface area (Å²) in [5.74, 6) is 0. The van der Waals surface area contributed by atoms with Crippen molar-refractivity contribution in [1.82, 2.24) is 9.97 Å². The molecule has 5 aromatic rings. The molecule has 4 aromatic carbocycles. The maximum absolute atomic E-state index is 5.00. The van der Waals surface area contributed by atoms with Gasteiger partial charge < -0.3 is 0 Å². The van der Waals surface area contributed by atoms with Crippen molar-refractivity contribution in [1.29, 1.82) is 0 Å². The molecule has 0 saturated heterocycles. The molecule has 0 bridgehead atoms. The molecule has 0 atom stereocenters. The van der Waals surface area contributed by atoms with E-state index < -0.39 is 0 Å². The summed E-state index contributed by atoms with van der Waals surface area (Å²) in [6.07, 6.45) is 1.89. The van der Waals surface area contributed by atoms with Gasteiger partial charge in [-0.05, 0) is 23.3 Å². The fraction of sp³-hybridized carbons (Fsp3) is 0.0435. The van der Waals surface area contributed by atoms with Crippen LogP contribution in [0.4, 0.5) is 0 Å². The van der Waals surface area contributed by atoms with Crippen LogP contribution in [0.1, 0.15) is 5.56 Å². The highest BCUT2D eigenvalue weighted by molar-refractivity contribution is 6.23. The summed E-state index contributed by atoms with van der Waals surface area (Å²) in [7, 11) is 0. The topological polar surface area (TPSA) is 25.8 Å². The van der Waals surface area contributed by atoms with Crippen molar-refractivity contribution in [2.24, 2.45) is 0 Å². The molecule has 0 radical (unpaired) electrons. The van der Waals surface area contributed by atoms with Crippen LogP contribution in [0.2, 0.25) is 0 Å². The molecule has 0 fully saturated rings. The van der Waals surface area contributed by atoms with Crippen molar-refractivity contribution in [3.63, 3.8) is 0 Å². The van der Waals surface area contributed by atoms with Crippen LogP contribution >= 0.6 is 0 Å². The van der Waals surface area contributed by atoms with Crippen LogP contribution in [-0.4, -0.2) is 9.97 Å². The fourth-order valence-electron chi connectivity index (χ4n) is 3.64. The number of fused-ring (bicyclic) bond motifs is 6. The summed E-state index contributed by atoms with van der Waals surface area (Å²) in [4.78, 5) is 9.84. The summed E-state index contributed by atoms with van der Waals surface area (Å²) in [6.45, 7) is 2.14. The lowest BCUT2D eigenvalue weighted by molar-refractivity contribution is 1.31. The highest BCUT2D eigenvalue weighted by Gasteiger charge is 2.13. The number of aryl methyl sites for hydroxylation is 1. The number of hydrogen-bond acceptors (Lipinski definition) is 2. The Kier molecular flexibility index (Phi) is 3.04. The van der Waals surface area contributed by atoms with E-state index in [0.29, 0.717) is 0 Å². The van der Waals surface area contributed by atoms with E-state index in [1.807, 2.05) is 24.4 Å². The van der Waals surface area contributed by atoms with Crippen molar-refractivity contribution < 1.29 is 0 Å². The van der Waals surface area contributed by atoms with Crippen LogP contribution in [0.5, 0.6) is 0 Å². The normalized spacial score (nSPS) is 11.4. The fourth-order valence-corrected chi connectivity index (χ4v) is 3.64. The molecular weight excluding hydrogens is 304 g/mol. The van der Waals surface area contributed by atoms with Crippen LogP contribution in [0, 0.1) is 6.92 Å². The second-order valence-electron chi connectivity index (χ2n) is 6.36. The summed E-state index contributed by atoms with van der Waals surface area (Å²) >= 11 is 0. The van der Waals surface area contributed by atoms with E-state index in [2.05, 4.69) is 61.5 Å². The molecule has 0 aliphatic heterocycles. The van der Waals surface area contributed by atoms with Gasteiger partial charge in [0.25, 0.3) is 0 Å². The lowest BCUT2D eigenvalue weighted by Gasteiger charge is -2.12. The third-order valence-corrected chi connectivity index (χ3v) is 4.82. The second kappa shape index (κ2) is 5.38. The molecule has 0 saturated carbocycles. The Labute approximate surface area is 145 Å². The first-order chi connectivity index (χ1) is 12.3. The molecule has 2 nitrogen and oxygen atoms in total. The van der Waals surface area contributed by atoms with Gasteiger partial charge in [-0.15, -0.1) is 0 Å². The number of hydrogen-bond donors (Lipinski definition) is 0. The van der Waals surface area contributed by atoms with Crippen LogP contribution in [0.15, 0.2) is 79.0 Å². The Morgan fingerprint density at radius 3 is 2.20 bits per heavy atom. The minimum absolute atomic E-state index is 0.909. The lowest BCUT2D eigenvalue weighted by atomic mass is 9.96. The number of rotatable bonds is 1. The van der Waals surface area contributed by atoms with Crippen molar-refractivity contribution in [3.8, 4) is 11.3 Å². The summed E-state index contributed by atoms with van der Waals surface area (Å²) in [5, 5.41) is 4.82. The van der Waals surface area contributed by atoms with Crippen molar-refractivity contribution >= 4 is 32.6 Å². The molecule has 0 aliphatic rings. The zero-order valence-corrected chi connectivity index (χ0v) is 13.9. The molecule has 25 heavy (non-hydrogen) atoms. The Morgan fingerprint density at radius 2 is 1.36 bits per heavy atom. The molecule has 0 N–H and O–H groups in total. The van der Waals surface area contributed by atoms with E-state index in [1.165, 1.54) is 21.7 Å². The summed E-state index contributed by atoms with van der Waals surface area (Å²) in [6, 6.07) is 25.1. The van der Waals surface area contributed by atoms with Gasteiger partial charge in [0.15, 0.2) is 0 Å². The highest BCUT2D eigenvalue weighted by atomic mass is 14.8. The third-order valence-electron chi connectivity index (χ3n) is 4.82. The van der Waals surface area contributed by atoms with Crippen LogP contribution in [0.25, 0.3) is 43.8 Å². The number of nitrogens with zero attached hydrogens (tertiary/aromatic N) is 2. The van der Waals surface area contributed by atoms with Crippen molar-refractivity contribution in [2.75, 3.05) is 0 Å². The Hall–Kier alpha value is -3.26. The second-order valence-corrected chi connectivity index (χ2v) is 6.36. The molecule has 1 heterocycles. The SMILES string of the molecule is Cc1cccc2c3ccccc3c3nc(-c4ccccc4)cnc3c12. The smallest absolute Gasteiger partial charge is 0.0979 e. The molecule has 118 valence electrons. The predicted molar refractivity (Wildman–Crippen MR) is 105 cm³/mol. The maximum atomic E-state index is 5.00. The molecule has 2 heteroatoms. The van der Waals surface area contributed by atoms with Gasteiger partial charge >= 0.3 is 0 Å². The van der Waals surface area contributed by atoms with Crippen LogP contribution in [0.3, 0.4) is 0 Å². The first kappa shape index (κ1) is 14.1. The Morgan fingerprint density at radius 1 is 0.640 bits per heavy atom. The average Bonchev–Trinajstić information content (AvgIpc) is 2.68. The minimum Gasteiger partial charge on any atom is -0.252 e. The van der Waals surface area contributed by atoms with Crippen LogP contribution in [-0.2, 0) is 0 Å². The highest BCUT2D eigenvalue weighted by Crippen LogP contribution is 2.35. The molecule has 0 aliphatic carbocycles. The van der Waals surface area contributed by atoms with Gasteiger partial charge in [-0.2, -0.15) is 0 Å². The third kappa shape index (κ3) is 2.11. The van der Waals surface area contributed by atoms with Gasteiger partial charge in [-0.25, -0.2) is 4.98 Å². The van der Waals surface area contributed by atoms with Crippen molar-refractivity contribution in [2.45, 2.75) is 6.92 Å². The Bertz CT molecular complexity index is 1240. The maximum Gasteiger partial charge on any atom is 0.0979 e. The van der Waals surface area contributed by atoms with E-state index in [0.717, 1.165) is 27.7 Å². The van der Waals surface area contributed by atoms with Gasteiger partial charge in [0.2, 0.25) is 0 Å². The lowest BCUT2D eigenvalue weighted by Crippen LogP contribution is -1.93. The van der Waals surface area contributed by atoms with E-state index in [4.69, 9.17) is 9.97 Å². The molecule has 5 rings (SSSR count). The molecule has 1 aromatic heterocycles. The van der Waals surface area contributed by atoms with Gasteiger partial charge in [0.1, 0.15) is 0 Å². The largest absolute Gasteiger partial charge is 0.252 e. The number of aromatic nitrogens is 2. The molecule has 0 spiro atoms. The molecular formula is C23H16N2. The van der Waals surface area contributed by atoms with Crippen molar-refractivity contribution in [3.05, 3.63) is 84.6 Å². The molecule has 0 unspecified atom stereocenters. The summed E-state index contributed by atoms with van der Waals surface area (Å²) in [5.41, 5.74) is 5.18. The first-order valence-electron chi connectivity index (χ1n) is 8.45. The summed E-state index contributed by atoms with van der Waals surface area (Å²) < 4.78 is 0. The van der Waals surface area contributed by atoms with E-state index in [1.54, 1.807) is 0 Å². The van der Waals surface area contributed by atoms with E-state index >= 15 is 0 Å². The monoisotopic (exact) mass is 320 g/mol. The average molecular weight is 320 g/mol. The first-order valence-corrected chi connectivity index (χ1v) is 8.45. The van der Waals surface area contributed by atoms with Gasteiger partial charge in [0.05, 0.1) is 22.9 Å². The number of benzene rings is 4.